The van der Waals surface area contributed by atoms with Crippen LogP contribution >= 0.6 is 0 Å². The molecule has 4 unspecified atom stereocenters. The van der Waals surface area contributed by atoms with Crippen LogP contribution in [0.1, 0.15) is 120 Å². The van der Waals surface area contributed by atoms with Crippen molar-refractivity contribution in [2.45, 2.75) is 99.4 Å². The summed E-state index contributed by atoms with van der Waals surface area (Å²) in [4.78, 5) is 0. The van der Waals surface area contributed by atoms with E-state index >= 15 is 0 Å². The van der Waals surface area contributed by atoms with E-state index in [1.165, 1.54) is 57.3 Å². The van der Waals surface area contributed by atoms with Crippen molar-refractivity contribution in [2.75, 3.05) is 0 Å². The summed E-state index contributed by atoms with van der Waals surface area (Å²) in [7, 11) is 0. The molecule has 46 heavy (non-hydrogen) atoms. The molecule has 4 atom stereocenters. The number of rotatable bonds is 11. The predicted octanol–water partition coefficient (Wildman–Crippen LogP) is 13.0. The number of fused-ring (bicyclic) bond motifs is 2. The first-order chi connectivity index (χ1) is 22.3. The monoisotopic (exact) mass is 699 g/mol. The van der Waals surface area contributed by atoms with Gasteiger partial charge in [-0.3, -0.25) is 0 Å². The summed E-state index contributed by atoms with van der Waals surface area (Å²) in [5.41, 5.74) is 18.3. The summed E-state index contributed by atoms with van der Waals surface area (Å²) < 4.78 is 1.36. The topological polar surface area (TPSA) is 0 Å². The standard InChI is InChI=1S/2C21H23.C2H7Si.Zr/c2*1-4-15(3)17-9-11-18(12-10-17)20-8-6-7-19-13-16(5-2)14-21(19)20;1-3-2;/h2*6-15H,4-5H2,1-3H3;3H,1-2H3;. The first-order valence-electron chi connectivity index (χ1n) is 18.0. The van der Waals surface area contributed by atoms with Gasteiger partial charge < -0.3 is 0 Å². The van der Waals surface area contributed by atoms with Crippen molar-refractivity contribution in [3.63, 3.8) is 0 Å². The molecule has 0 spiro atoms. The number of allylic oxidation sites excluding steroid dienone is 2. The van der Waals surface area contributed by atoms with Crippen LogP contribution in [0.3, 0.4) is 0 Å². The molecular weight excluding hydrogens is 648 g/mol. The van der Waals surface area contributed by atoms with E-state index in [0.717, 1.165) is 12.8 Å². The van der Waals surface area contributed by atoms with E-state index in [-0.39, 0.29) is 0 Å². The molecule has 6 rings (SSSR count). The zero-order valence-corrected chi connectivity index (χ0v) is 33.1. The molecular formula is C44H53SiZr. The molecule has 237 valence electrons. The van der Waals surface area contributed by atoms with Crippen LogP contribution in [-0.4, -0.2) is 5.92 Å². The second-order valence-corrected chi connectivity index (χ2v) is 34.2. The Hall–Kier alpha value is -2.54. The van der Waals surface area contributed by atoms with Crippen molar-refractivity contribution in [3.05, 3.63) is 129 Å². The Kier molecular flexibility index (Phi) is 10.4. The van der Waals surface area contributed by atoms with Gasteiger partial charge in [0.1, 0.15) is 0 Å². The Bertz CT molecular complexity index is 1610. The quantitative estimate of drug-likeness (QED) is 0.137. The summed E-state index contributed by atoms with van der Waals surface area (Å²) in [6.45, 7) is 19.5. The molecule has 4 aromatic carbocycles. The van der Waals surface area contributed by atoms with Crippen LogP contribution in [-0.2, 0) is 20.9 Å². The molecule has 0 saturated carbocycles. The van der Waals surface area contributed by atoms with Gasteiger partial charge in [-0.25, -0.2) is 0 Å². The van der Waals surface area contributed by atoms with Crippen LogP contribution in [0.4, 0.5) is 0 Å². The van der Waals surface area contributed by atoms with Crippen LogP contribution in [0.2, 0.25) is 13.1 Å². The van der Waals surface area contributed by atoms with Gasteiger partial charge in [-0.15, -0.1) is 0 Å². The Morgan fingerprint density at radius 2 is 0.957 bits per heavy atom. The van der Waals surface area contributed by atoms with Crippen molar-refractivity contribution in [3.8, 4) is 22.3 Å². The molecule has 4 aromatic rings. The van der Waals surface area contributed by atoms with Gasteiger partial charge in [-0.05, 0) is 0 Å². The SMILES string of the molecule is CCC1=Cc2c(-c3ccc(C(C)CC)cc3)cccc2[CH]1[Zr]([CH]1C(CC)=Cc2c(-c3ccc(C(C)CC)cc3)cccc21)[SiH](C)C. The molecule has 0 aliphatic heterocycles. The fourth-order valence-electron chi connectivity index (χ4n) is 8.12. The van der Waals surface area contributed by atoms with E-state index in [4.69, 9.17) is 0 Å². The number of benzene rings is 4. The first-order valence-corrected chi connectivity index (χ1v) is 28.0. The van der Waals surface area contributed by atoms with Gasteiger partial charge >= 0.3 is 290 Å². The zero-order chi connectivity index (χ0) is 32.5. The van der Waals surface area contributed by atoms with Gasteiger partial charge in [0.05, 0.1) is 0 Å². The Labute approximate surface area is 288 Å². The van der Waals surface area contributed by atoms with Crippen molar-refractivity contribution in [1.29, 1.82) is 0 Å². The van der Waals surface area contributed by atoms with Gasteiger partial charge in [-0.1, -0.05) is 0 Å². The molecule has 2 aliphatic carbocycles. The van der Waals surface area contributed by atoms with Crippen molar-refractivity contribution in [1.82, 2.24) is 0 Å². The Morgan fingerprint density at radius 1 is 0.565 bits per heavy atom. The summed E-state index contributed by atoms with van der Waals surface area (Å²) in [6.07, 6.45) is 9.95. The van der Waals surface area contributed by atoms with Crippen LogP contribution in [0.5, 0.6) is 0 Å². The van der Waals surface area contributed by atoms with Crippen LogP contribution < -0.4 is 0 Å². The second-order valence-electron chi connectivity index (χ2n) is 14.1. The molecule has 0 N–H and O–H groups in total. The van der Waals surface area contributed by atoms with Gasteiger partial charge in [-0.2, -0.15) is 0 Å². The van der Waals surface area contributed by atoms with E-state index in [1.807, 2.05) is 0 Å². The van der Waals surface area contributed by atoms with Crippen molar-refractivity contribution < 1.29 is 20.9 Å². The molecule has 0 aromatic heterocycles. The predicted molar refractivity (Wildman–Crippen MR) is 202 cm³/mol. The third-order valence-corrected chi connectivity index (χ3v) is 33.0. The second kappa shape index (κ2) is 14.3. The van der Waals surface area contributed by atoms with E-state index in [1.54, 1.807) is 22.3 Å². The van der Waals surface area contributed by atoms with Crippen molar-refractivity contribution in [2.24, 2.45) is 0 Å². The summed E-state index contributed by atoms with van der Waals surface area (Å²) in [5, 5.41) is 0. The zero-order valence-electron chi connectivity index (χ0n) is 29.5. The van der Waals surface area contributed by atoms with Gasteiger partial charge in [0.25, 0.3) is 0 Å². The molecule has 0 bridgehead atoms. The average Bonchev–Trinajstić information content (AvgIpc) is 3.66. The number of hydrogen-bond donors (Lipinski definition) is 0. The Morgan fingerprint density at radius 3 is 1.28 bits per heavy atom. The molecule has 2 heteroatoms. The third-order valence-electron chi connectivity index (χ3n) is 11.3. The minimum atomic E-state index is -2.13. The molecule has 0 fully saturated rings. The molecule has 0 nitrogen and oxygen atoms in total. The average molecular weight is 701 g/mol. The van der Waals surface area contributed by atoms with Crippen LogP contribution in [0.15, 0.2) is 96.1 Å². The minimum absolute atomic E-state index is 0.608. The van der Waals surface area contributed by atoms with E-state index in [0.29, 0.717) is 19.1 Å². The summed E-state index contributed by atoms with van der Waals surface area (Å²) in [5.74, 6) is 0.294. The summed E-state index contributed by atoms with van der Waals surface area (Å²) in [6, 6.07) is 33.5. The van der Waals surface area contributed by atoms with Crippen LogP contribution in [0, 0.1) is 0 Å². The third kappa shape index (κ3) is 6.10. The normalized spacial score (nSPS) is 18.2. The fraction of sp³-hybridized carbons (Fsp3) is 0.364. The fourth-order valence-corrected chi connectivity index (χ4v) is 31.3. The van der Waals surface area contributed by atoms with E-state index in [2.05, 4.69) is 152 Å². The van der Waals surface area contributed by atoms with Crippen LogP contribution in [0.25, 0.3) is 34.4 Å². The molecule has 0 amide bonds. The molecule has 0 saturated heterocycles. The maximum absolute atomic E-state index is 2.69. The van der Waals surface area contributed by atoms with Gasteiger partial charge in [0.15, 0.2) is 0 Å². The summed E-state index contributed by atoms with van der Waals surface area (Å²) >= 11 is -2.13. The van der Waals surface area contributed by atoms with Crippen molar-refractivity contribution >= 4 is 18.1 Å². The van der Waals surface area contributed by atoms with E-state index in [9.17, 15) is 0 Å². The van der Waals surface area contributed by atoms with Gasteiger partial charge in [0, 0.05) is 0 Å². The Balaban J connectivity index is 1.42. The molecule has 2 aliphatic rings. The van der Waals surface area contributed by atoms with Gasteiger partial charge in [0.2, 0.25) is 0 Å². The first kappa shape index (κ1) is 33.4. The number of hydrogen-bond acceptors (Lipinski definition) is 0. The molecule has 0 heterocycles. The maximum atomic E-state index is 2.69. The molecule has 0 radical (unpaired) electrons. The van der Waals surface area contributed by atoms with E-state index < -0.39 is 26.8 Å².